The van der Waals surface area contributed by atoms with Crippen LogP contribution in [0.1, 0.15) is 76.7 Å². The fourth-order valence-corrected chi connectivity index (χ4v) is 5.94. The fraction of sp³-hybridized carbons (Fsp3) is 0.293. The summed E-state index contributed by atoms with van der Waals surface area (Å²) in [7, 11) is 0. The molecule has 0 aliphatic rings. The molecule has 214 valence electrons. The van der Waals surface area contributed by atoms with Gasteiger partial charge in [0.25, 0.3) is 0 Å². The smallest absolute Gasteiger partial charge is 0.153 e. The largest absolute Gasteiger partial charge is 0.219 e. The van der Waals surface area contributed by atoms with Crippen molar-refractivity contribution >= 4 is 0 Å². The van der Waals surface area contributed by atoms with Gasteiger partial charge in [-0.2, -0.15) is 4.57 Å². The molecule has 0 saturated carbocycles. The van der Waals surface area contributed by atoms with Crippen LogP contribution in [0, 0.1) is 0 Å². The Bertz CT molecular complexity index is 1410. The number of aromatic nitrogens is 1. The van der Waals surface area contributed by atoms with E-state index in [9.17, 15) is 0 Å². The van der Waals surface area contributed by atoms with Crippen molar-refractivity contribution in [3.8, 4) is 39.3 Å². The number of aryl methyl sites for hydroxylation is 1. The Kier molecular flexibility index (Phi) is 11.2. The van der Waals surface area contributed by atoms with Gasteiger partial charge in [-0.25, -0.2) is 0 Å². The summed E-state index contributed by atoms with van der Waals surface area (Å²) < 4.78 is 2.43. The first-order chi connectivity index (χ1) is 20.8. The molecule has 0 fully saturated rings. The lowest BCUT2D eigenvalue weighted by atomic mass is 9.98. The zero-order valence-corrected chi connectivity index (χ0v) is 25.3. The van der Waals surface area contributed by atoms with Gasteiger partial charge in [0.2, 0.25) is 17.1 Å². The van der Waals surface area contributed by atoms with Crippen molar-refractivity contribution in [1.82, 2.24) is 0 Å². The van der Waals surface area contributed by atoms with E-state index in [0.717, 1.165) is 6.42 Å². The minimum Gasteiger partial charge on any atom is -0.153 e. The fourth-order valence-electron chi connectivity index (χ4n) is 5.94. The lowest BCUT2D eigenvalue weighted by Gasteiger charge is -2.13. The number of hydrogen-bond acceptors (Lipinski definition) is 0. The topological polar surface area (TPSA) is 3.88 Å². The van der Waals surface area contributed by atoms with E-state index in [1.807, 2.05) is 0 Å². The highest BCUT2D eigenvalue weighted by Crippen LogP contribution is 2.30. The molecule has 0 aliphatic carbocycles. The van der Waals surface area contributed by atoms with Crippen molar-refractivity contribution in [2.24, 2.45) is 0 Å². The van der Waals surface area contributed by atoms with Crippen molar-refractivity contribution in [2.75, 3.05) is 0 Å². The molecule has 0 radical (unpaired) electrons. The van der Waals surface area contributed by atoms with Gasteiger partial charge in [0.05, 0.1) is 0 Å². The van der Waals surface area contributed by atoms with E-state index in [4.69, 9.17) is 0 Å². The normalized spacial score (nSPS) is 11.1. The Labute approximate surface area is 253 Å². The first kappa shape index (κ1) is 29.5. The third-order valence-corrected chi connectivity index (χ3v) is 8.33. The molecular formula is C41H46N+. The summed E-state index contributed by atoms with van der Waals surface area (Å²) in [5, 5.41) is 0. The Morgan fingerprint density at radius 2 is 0.833 bits per heavy atom. The summed E-state index contributed by atoms with van der Waals surface area (Å²) in [6.45, 7) is 2.29. The van der Waals surface area contributed by atoms with E-state index in [1.165, 1.54) is 109 Å². The van der Waals surface area contributed by atoms with Gasteiger partial charge in [-0.3, -0.25) is 0 Å². The molecule has 1 heterocycles. The quantitative estimate of drug-likeness (QED) is 0.0898. The van der Waals surface area contributed by atoms with Crippen LogP contribution in [0.2, 0.25) is 0 Å². The Balaban J connectivity index is 1.38. The Morgan fingerprint density at radius 3 is 1.31 bits per heavy atom. The number of nitrogens with zero attached hydrogens (tertiary/aromatic N) is 1. The molecule has 1 heteroatoms. The van der Waals surface area contributed by atoms with E-state index in [1.54, 1.807) is 0 Å². The van der Waals surface area contributed by atoms with E-state index >= 15 is 0 Å². The molecule has 0 amide bonds. The lowest BCUT2D eigenvalue weighted by Crippen LogP contribution is -2.36. The SMILES string of the molecule is CCCCCCCCCCCCc1ccc(-[n+]2c(-c3ccccc3)cc(-c3ccccc3)cc2-c2ccccc2)cc1. The molecule has 0 spiro atoms. The standard InChI is InChI=1S/C41H46N/c1-2-3-4-5-6-7-8-9-10-14-21-34-28-30-39(31-29-34)42-40(36-24-17-12-18-25-36)32-38(35-22-15-11-16-23-35)33-41(42)37-26-19-13-20-27-37/h11-13,15-20,22-33H,2-10,14,21H2,1H3/q+1. The molecule has 1 aromatic heterocycles. The second-order valence-electron chi connectivity index (χ2n) is 11.5. The predicted molar refractivity (Wildman–Crippen MR) is 180 cm³/mol. The molecule has 0 N–H and O–H groups in total. The highest BCUT2D eigenvalue weighted by Gasteiger charge is 2.24. The van der Waals surface area contributed by atoms with Crippen LogP contribution in [0.15, 0.2) is 127 Å². The first-order valence-corrected chi connectivity index (χ1v) is 16.2. The van der Waals surface area contributed by atoms with Gasteiger partial charge in [-0.1, -0.05) is 144 Å². The first-order valence-electron chi connectivity index (χ1n) is 16.2. The molecule has 4 aromatic carbocycles. The summed E-state index contributed by atoms with van der Waals surface area (Å²) in [4.78, 5) is 0. The minimum absolute atomic E-state index is 1.16. The summed E-state index contributed by atoms with van der Waals surface area (Å²) in [5.41, 5.74) is 9.88. The number of benzene rings is 4. The van der Waals surface area contributed by atoms with Crippen LogP contribution in [0.25, 0.3) is 39.3 Å². The molecule has 42 heavy (non-hydrogen) atoms. The van der Waals surface area contributed by atoms with Gasteiger partial charge in [0, 0.05) is 35.4 Å². The van der Waals surface area contributed by atoms with Crippen molar-refractivity contribution in [3.05, 3.63) is 133 Å². The van der Waals surface area contributed by atoms with Crippen LogP contribution in [-0.2, 0) is 6.42 Å². The summed E-state index contributed by atoms with van der Waals surface area (Å²) in [6.07, 6.45) is 14.9. The van der Waals surface area contributed by atoms with Gasteiger partial charge in [0.1, 0.15) is 0 Å². The summed E-state index contributed by atoms with van der Waals surface area (Å²) >= 11 is 0. The van der Waals surface area contributed by atoms with Crippen molar-refractivity contribution in [1.29, 1.82) is 0 Å². The highest BCUT2D eigenvalue weighted by atomic mass is 15.0. The van der Waals surface area contributed by atoms with Crippen LogP contribution in [-0.4, -0.2) is 0 Å². The average Bonchev–Trinajstić information content (AvgIpc) is 3.06. The number of rotatable bonds is 15. The molecule has 0 bridgehead atoms. The zero-order chi connectivity index (χ0) is 28.8. The maximum absolute atomic E-state index is 2.43. The maximum Gasteiger partial charge on any atom is 0.219 e. The molecule has 0 atom stereocenters. The third kappa shape index (κ3) is 8.07. The molecule has 0 saturated heterocycles. The van der Waals surface area contributed by atoms with Gasteiger partial charge in [-0.05, 0) is 53.8 Å². The number of unbranched alkanes of at least 4 members (excludes halogenated alkanes) is 9. The van der Waals surface area contributed by atoms with Gasteiger partial charge >= 0.3 is 0 Å². The van der Waals surface area contributed by atoms with Crippen molar-refractivity contribution in [3.63, 3.8) is 0 Å². The molecule has 5 aromatic rings. The van der Waals surface area contributed by atoms with E-state index in [0.29, 0.717) is 0 Å². The van der Waals surface area contributed by atoms with Crippen LogP contribution < -0.4 is 4.57 Å². The summed E-state index contributed by atoms with van der Waals surface area (Å²) in [5.74, 6) is 0. The Morgan fingerprint density at radius 1 is 0.405 bits per heavy atom. The van der Waals surface area contributed by atoms with Gasteiger partial charge in [0.15, 0.2) is 0 Å². The van der Waals surface area contributed by atoms with Crippen molar-refractivity contribution in [2.45, 2.75) is 77.6 Å². The van der Waals surface area contributed by atoms with Crippen molar-refractivity contribution < 1.29 is 4.57 Å². The zero-order valence-electron chi connectivity index (χ0n) is 25.3. The van der Waals surface area contributed by atoms with Crippen LogP contribution in [0.4, 0.5) is 0 Å². The monoisotopic (exact) mass is 552 g/mol. The molecule has 1 nitrogen and oxygen atoms in total. The number of pyridine rings is 1. The lowest BCUT2D eigenvalue weighted by molar-refractivity contribution is -0.572. The van der Waals surface area contributed by atoms with Gasteiger partial charge < -0.3 is 0 Å². The second-order valence-corrected chi connectivity index (χ2v) is 11.5. The average molecular weight is 553 g/mol. The highest BCUT2D eigenvalue weighted by molar-refractivity contribution is 5.74. The molecular weight excluding hydrogens is 506 g/mol. The number of hydrogen-bond donors (Lipinski definition) is 0. The Hall–Kier alpha value is -3.97. The maximum atomic E-state index is 2.43. The van der Waals surface area contributed by atoms with Gasteiger partial charge in [-0.15, -0.1) is 0 Å². The molecule has 0 aliphatic heterocycles. The predicted octanol–water partition coefficient (Wildman–Crippen LogP) is 11.4. The molecule has 5 rings (SSSR count). The van der Waals surface area contributed by atoms with E-state index in [-0.39, 0.29) is 0 Å². The minimum atomic E-state index is 1.16. The van der Waals surface area contributed by atoms with E-state index in [2.05, 4.69) is 139 Å². The van der Waals surface area contributed by atoms with Crippen LogP contribution in [0.3, 0.4) is 0 Å². The molecule has 0 unspecified atom stereocenters. The third-order valence-electron chi connectivity index (χ3n) is 8.33. The second kappa shape index (κ2) is 15.9. The van der Waals surface area contributed by atoms with E-state index < -0.39 is 0 Å². The van der Waals surface area contributed by atoms with Crippen LogP contribution >= 0.6 is 0 Å². The van der Waals surface area contributed by atoms with Crippen LogP contribution in [0.5, 0.6) is 0 Å². The summed E-state index contributed by atoms with van der Waals surface area (Å²) in [6, 6.07) is 46.3.